The van der Waals surface area contributed by atoms with Crippen LogP contribution in [0.5, 0.6) is 0 Å². The predicted octanol–water partition coefficient (Wildman–Crippen LogP) is 2.51. The number of carbonyl (C=O) groups excluding carboxylic acids is 2. The fourth-order valence-electron chi connectivity index (χ4n) is 5.70. The van der Waals surface area contributed by atoms with Crippen molar-refractivity contribution in [2.75, 3.05) is 27.9 Å². The summed E-state index contributed by atoms with van der Waals surface area (Å²) in [5, 5.41) is 0. The summed E-state index contributed by atoms with van der Waals surface area (Å²) < 4.78 is 34.0. The molecule has 2 aliphatic carbocycles. The molecular weight excluding hydrogens is 439 g/mol. The molecule has 0 bridgehead atoms. The van der Waals surface area contributed by atoms with Gasteiger partial charge in [0.2, 0.25) is 10.7 Å². The summed E-state index contributed by atoms with van der Waals surface area (Å²) >= 11 is 13.6. The van der Waals surface area contributed by atoms with Gasteiger partial charge in [0, 0.05) is 33.0 Å². The summed E-state index contributed by atoms with van der Waals surface area (Å²) in [6, 6.07) is 0. The Labute approximate surface area is 185 Å². The fourth-order valence-corrected chi connectivity index (χ4v) is 6.84. The van der Waals surface area contributed by atoms with Gasteiger partial charge in [0.25, 0.3) is 0 Å². The Balaban J connectivity index is 1.61. The molecule has 1 spiro atoms. The topological polar surface area (TPSA) is 89.5 Å². The second-order valence-corrected chi connectivity index (χ2v) is 9.79. The lowest BCUT2D eigenvalue weighted by atomic mass is 9.83. The van der Waals surface area contributed by atoms with Crippen molar-refractivity contribution in [3.05, 3.63) is 0 Å². The van der Waals surface area contributed by atoms with Gasteiger partial charge < -0.3 is 28.4 Å². The highest BCUT2D eigenvalue weighted by atomic mass is 35.5. The predicted molar refractivity (Wildman–Crippen MR) is 105 cm³/mol. The number of hydrogen-bond donors (Lipinski definition) is 0. The van der Waals surface area contributed by atoms with Gasteiger partial charge in [0.15, 0.2) is 10.7 Å². The minimum absolute atomic E-state index is 0.0245. The summed E-state index contributed by atoms with van der Waals surface area (Å²) in [6.45, 7) is 0.336. The number of cyclic esters (lactones) is 1. The van der Waals surface area contributed by atoms with E-state index in [9.17, 15) is 9.59 Å². The van der Waals surface area contributed by atoms with Crippen LogP contribution in [-0.2, 0) is 38.0 Å². The highest BCUT2D eigenvalue weighted by molar-refractivity contribution is 6.41. The smallest absolute Gasteiger partial charge is 0.333 e. The SMILES string of the molecule is COC(=O)[C@]1(Cl)CC2C[C@@H]([C@H]3COC4(CCCCC4)O3)OC(=O)[C@]2(Cl)C1(OC)OC. The molecule has 0 N–H and O–H groups in total. The second kappa shape index (κ2) is 7.74. The van der Waals surface area contributed by atoms with Crippen LogP contribution < -0.4 is 0 Å². The third-order valence-corrected chi connectivity index (χ3v) is 8.42. The van der Waals surface area contributed by atoms with E-state index in [-0.39, 0.29) is 6.42 Å². The van der Waals surface area contributed by atoms with Crippen LogP contribution in [0.25, 0.3) is 0 Å². The van der Waals surface area contributed by atoms with E-state index >= 15 is 0 Å². The van der Waals surface area contributed by atoms with Gasteiger partial charge in [-0.15, -0.1) is 23.2 Å². The maximum absolute atomic E-state index is 13.2. The van der Waals surface area contributed by atoms with E-state index in [0.717, 1.165) is 32.1 Å². The largest absolute Gasteiger partial charge is 0.468 e. The van der Waals surface area contributed by atoms with Crippen LogP contribution in [0.15, 0.2) is 0 Å². The highest BCUT2D eigenvalue weighted by Crippen LogP contribution is 2.63. The molecular formula is C20H28Cl2O8. The zero-order valence-electron chi connectivity index (χ0n) is 17.4. The summed E-state index contributed by atoms with van der Waals surface area (Å²) in [6.07, 6.45) is 4.29. The normalized spacial score (nSPS) is 42.0. The molecule has 0 radical (unpaired) electrons. The molecule has 1 unspecified atom stereocenters. The first kappa shape index (κ1) is 22.6. The monoisotopic (exact) mass is 466 g/mol. The molecule has 10 heteroatoms. The maximum Gasteiger partial charge on any atom is 0.333 e. The Bertz CT molecular complexity index is 707. The molecule has 0 aromatic carbocycles. The molecule has 0 aromatic rings. The Hall–Kier alpha value is -0.640. The minimum Gasteiger partial charge on any atom is -0.468 e. The average molecular weight is 467 g/mol. The van der Waals surface area contributed by atoms with Crippen molar-refractivity contribution in [3.8, 4) is 0 Å². The summed E-state index contributed by atoms with van der Waals surface area (Å²) in [5.41, 5.74) is 0. The van der Waals surface area contributed by atoms with Crippen molar-refractivity contribution in [1.29, 1.82) is 0 Å². The molecule has 4 rings (SSSR count). The quantitative estimate of drug-likeness (QED) is 0.354. The van der Waals surface area contributed by atoms with Gasteiger partial charge in [0.05, 0.1) is 13.7 Å². The lowest BCUT2D eigenvalue weighted by Gasteiger charge is -2.47. The van der Waals surface area contributed by atoms with Crippen molar-refractivity contribution in [1.82, 2.24) is 0 Å². The van der Waals surface area contributed by atoms with Crippen LogP contribution in [0.3, 0.4) is 0 Å². The molecule has 2 saturated heterocycles. The Kier molecular flexibility index (Phi) is 5.82. The van der Waals surface area contributed by atoms with Crippen molar-refractivity contribution >= 4 is 35.1 Å². The maximum atomic E-state index is 13.2. The summed E-state index contributed by atoms with van der Waals surface area (Å²) in [4.78, 5) is 22.2. The number of esters is 2. The van der Waals surface area contributed by atoms with Gasteiger partial charge in [0.1, 0.15) is 12.2 Å². The first-order valence-electron chi connectivity index (χ1n) is 10.3. The second-order valence-electron chi connectivity index (χ2n) is 8.55. The van der Waals surface area contributed by atoms with Crippen molar-refractivity contribution in [3.63, 3.8) is 0 Å². The van der Waals surface area contributed by atoms with Gasteiger partial charge in [-0.25, -0.2) is 9.59 Å². The zero-order valence-corrected chi connectivity index (χ0v) is 18.9. The number of fused-ring (bicyclic) bond motifs is 1. The third kappa shape index (κ3) is 2.87. The lowest BCUT2D eigenvalue weighted by Crippen LogP contribution is -2.68. The molecule has 170 valence electrons. The zero-order chi connectivity index (χ0) is 21.8. The van der Waals surface area contributed by atoms with E-state index in [4.69, 9.17) is 51.6 Å². The number of halogens is 2. The molecule has 2 heterocycles. The van der Waals surface area contributed by atoms with E-state index in [2.05, 4.69) is 0 Å². The number of carbonyl (C=O) groups is 2. The minimum atomic E-state index is -1.96. The first-order valence-corrected chi connectivity index (χ1v) is 11.1. The molecule has 0 aromatic heterocycles. The van der Waals surface area contributed by atoms with Crippen LogP contribution in [0.1, 0.15) is 44.9 Å². The molecule has 2 aliphatic heterocycles. The lowest BCUT2D eigenvalue weighted by molar-refractivity contribution is -0.252. The van der Waals surface area contributed by atoms with Gasteiger partial charge in [-0.2, -0.15) is 0 Å². The van der Waals surface area contributed by atoms with E-state index in [1.54, 1.807) is 0 Å². The molecule has 8 nitrogen and oxygen atoms in total. The van der Waals surface area contributed by atoms with Gasteiger partial charge >= 0.3 is 11.9 Å². The number of hydrogen-bond acceptors (Lipinski definition) is 8. The standard InChI is InChI=1S/C20H28Cl2O8/c1-25-15(23)18(21)10-12-9-13(14-11-28-17(30-14)7-5-4-6-8-17)29-16(24)19(12,22)20(18,26-2)27-3/h12-14H,4-11H2,1-3H3/t12?,13-,14+,18+,19-/m0/s1. The van der Waals surface area contributed by atoms with E-state index in [0.29, 0.717) is 13.0 Å². The summed E-state index contributed by atoms with van der Waals surface area (Å²) in [5.74, 6) is -4.65. The summed E-state index contributed by atoms with van der Waals surface area (Å²) in [7, 11) is 3.78. The van der Waals surface area contributed by atoms with Gasteiger partial charge in [-0.05, 0) is 25.7 Å². The molecule has 2 saturated carbocycles. The number of alkyl halides is 2. The molecule has 4 fully saturated rings. The van der Waals surface area contributed by atoms with Crippen LogP contribution >= 0.6 is 23.2 Å². The van der Waals surface area contributed by atoms with E-state index in [1.165, 1.54) is 21.3 Å². The first-order chi connectivity index (χ1) is 14.2. The van der Waals surface area contributed by atoms with E-state index < -0.39 is 51.4 Å². The fraction of sp³-hybridized carbons (Fsp3) is 0.900. The van der Waals surface area contributed by atoms with Crippen LogP contribution in [0, 0.1) is 5.92 Å². The Morgan fingerprint density at radius 1 is 1.07 bits per heavy atom. The number of methoxy groups -OCH3 is 3. The van der Waals surface area contributed by atoms with Gasteiger partial charge in [-0.3, -0.25) is 0 Å². The molecule has 5 atom stereocenters. The van der Waals surface area contributed by atoms with Gasteiger partial charge in [-0.1, -0.05) is 6.42 Å². The van der Waals surface area contributed by atoms with Crippen molar-refractivity contribution in [2.24, 2.45) is 5.92 Å². The highest BCUT2D eigenvalue weighted by Gasteiger charge is 2.81. The Morgan fingerprint density at radius 2 is 1.73 bits per heavy atom. The van der Waals surface area contributed by atoms with E-state index in [1.807, 2.05) is 0 Å². The van der Waals surface area contributed by atoms with Crippen LogP contribution in [-0.4, -0.2) is 73.4 Å². The molecule has 0 amide bonds. The number of rotatable bonds is 4. The molecule has 4 aliphatic rings. The number of ether oxygens (including phenoxy) is 6. The van der Waals surface area contributed by atoms with Crippen LogP contribution in [0.4, 0.5) is 0 Å². The third-order valence-electron chi connectivity index (χ3n) is 7.15. The van der Waals surface area contributed by atoms with Crippen molar-refractivity contribution < 1.29 is 38.0 Å². The van der Waals surface area contributed by atoms with Crippen LogP contribution in [0.2, 0.25) is 0 Å². The Morgan fingerprint density at radius 3 is 2.33 bits per heavy atom. The average Bonchev–Trinajstić information content (AvgIpc) is 3.23. The van der Waals surface area contributed by atoms with Crippen molar-refractivity contribution in [2.45, 2.75) is 78.5 Å². The molecule has 30 heavy (non-hydrogen) atoms.